The first kappa shape index (κ1) is 22.0. The number of benzene rings is 2. The smallest absolute Gasteiger partial charge is 0.240 e. The summed E-state index contributed by atoms with van der Waals surface area (Å²) in [6, 6.07) is 20.2. The summed E-state index contributed by atoms with van der Waals surface area (Å²) in [6.07, 6.45) is 7.63. The van der Waals surface area contributed by atoms with Gasteiger partial charge in [-0.2, -0.15) is 10.2 Å². The first-order chi connectivity index (χ1) is 14.2. The zero-order valence-corrected chi connectivity index (χ0v) is 16.6. The molecule has 0 atom stereocenters. The van der Waals surface area contributed by atoms with Crippen LogP contribution in [0.2, 0.25) is 0 Å². The Balaban J connectivity index is 1.47. The highest BCUT2D eigenvalue weighted by atomic mass is 16.2. The van der Waals surface area contributed by atoms with Crippen molar-refractivity contribution in [1.29, 1.82) is 0 Å². The van der Waals surface area contributed by atoms with E-state index in [-0.39, 0.29) is 24.7 Å². The van der Waals surface area contributed by atoms with Crippen molar-refractivity contribution in [3.05, 3.63) is 71.8 Å². The van der Waals surface area contributed by atoms with Crippen LogP contribution in [0.1, 0.15) is 43.2 Å². The molecule has 2 amide bonds. The van der Waals surface area contributed by atoms with E-state index >= 15 is 0 Å². The van der Waals surface area contributed by atoms with Crippen molar-refractivity contribution < 1.29 is 9.59 Å². The lowest BCUT2D eigenvalue weighted by Crippen LogP contribution is -2.20. The van der Waals surface area contributed by atoms with E-state index in [0.717, 1.165) is 25.7 Å². The normalized spacial score (nSPS) is 11.0. The number of amides is 2. The molecule has 0 aliphatic heterocycles. The quantitative estimate of drug-likeness (QED) is 0.427. The molecule has 0 radical (unpaired) electrons. The topological polar surface area (TPSA) is 82.9 Å². The van der Waals surface area contributed by atoms with Gasteiger partial charge >= 0.3 is 0 Å². The van der Waals surface area contributed by atoms with Crippen molar-refractivity contribution in [2.24, 2.45) is 10.2 Å². The number of hydrazone groups is 2. The van der Waals surface area contributed by atoms with Crippen LogP contribution in [0.4, 0.5) is 0 Å². The van der Waals surface area contributed by atoms with E-state index in [0.29, 0.717) is 6.42 Å². The lowest BCUT2D eigenvalue weighted by molar-refractivity contribution is -0.122. The summed E-state index contributed by atoms with van der Waals surface area (Å²) in [5.74, 6) is -0.389. The minimum atomic E-state index is -0.194. The second kappa shape index (κ2) is 13.8. The molecule has 0 bridgehead atoms. The minimum absolute atomic E-state index is 0.194. The number of rotatable bonds is 12. The lowest BCUT2D eigenvalue weighted by Gasteiger charge is -2.01. The Morgan fingerprint density at radius 1 is 0.690 bits per heavy atom. The number of nitrogens with zero attached hydrogens (tertiary/aromatic N) is 2. The van der Waals surface area contributed by atoms with Gasteiger partial charge in [-0.3, -0.25) is 9.59 Å². The maximum atomic E-state index is 11.7. The molecule has 0 saturated carbocycles. The summed E-state index contributed by atoms with van der Waals surface area (Å²) in [5, 5.41) is 7.86. The summed E-state index contributed by atoms with van der Waals surface area (Å²) in [4.78, 5) is 23.4. The van der Waals surface area contributed by atoms with Crippen molar-refractivity contribution in [3.8, 4) is 0 Å². The Morgan fingerprint density at radius 3 is 1.52 bits per heavy atom. The van der Waals surface area contributed by atoms with Crippen molar-refractivity contribution >= 4 is 24.2 Å². The Morgan fingerprint density at radius 2 is 1.10 bits per heavy atom. The van der Waals surface area contributed by atoms with Crippen LogP contribution in [0.3, 0.4) is 0 Å². The van der Waals surface area contributed by atoms with Gasteiger partial charge in [0, 0.05) is 25.3 Å². The molecule has 2 aromatic carbocycles. The molecule has 0 aromatic heterocycles. The van der Waals surface area contributed by atoms with Gasteiger partial charge in [-0.1, -0.05) is 60.7 Å². The second-order valence-electron chi connectivity index (χ2n) is 6.60. The van der Waals surface area contributed by atoms with Gasteiger partial charge < -0.3 is 0 Å². The molecule has 6 nitrogen and oxygen atoms in total. The largest absolute Gasteiger partial charge is 0.273 e. The maximum absolute atomic E-state index is 11.7. The van der Waals surface area contributed by atoms with E-state index in [9.17, 15) is 9.59 Å². The third kappa shape index (κ3) is 10.6. The van der Waals surface area contributed by atoms with Crippen LogP contribution in [0.25, 0.3) is 0 Å². The van der Waals surface area contributed by atoms with E-state index in [1.165, 1.54) is 11.1 Å². The van der Waals surface area contributed by atoms with E-state index in [2.05, 4.69) is 45.3 Å². The number of carbonyl (C=O) groups excluding carboxylic acids is 2. The monoisotopic (exact) mass is 392 g/mol. The zero-order valence-electron chi connectivity index (χ0n) is 16.6. The van der Waals surface area contributed by atoms with Gasteiger partial charge in [0.05, 0.1) is 0 Å². The highest BCUT2D eigenvalue weighted by Crippen LogP contribution is 2.02. The van der Waals surface area contributed by atoms with Crippen LogP contribution in [-0.2, 0) is 22.4 Å². The molecule has 0 unspecified atom stereocenters. The molecule has 6 heteroatoms. The summed E-state index contributed by atoms with van der Waals surface area (Å²) < 4.78 is 0. The summed E-state index contributed by atoms with van der Waals surface area (Å²) in [5.41, 5.74) is 7.45. The minimum Gasteiger partial charge on any atom is -0.273 e. The molecule has 2 aromatic rings. The molecule has 0 aliphatic rings. The first-order valence-corrected chi connectivity index (χ1v) is 9.92. The van der Waals surface area contributed by atoms with E-state index in [1.54, 1.807) is 12.4 Å². The molecule has 0 aliphatic carbocycles. The predicted molar refractivity (Wildman–Crippen MR) is 117 cm³/mol. The Labute approximate surface area is 172 Å². The first-order valence-electron chi connectivity index (χ1n) is 9.92. The molecule has 152 valence electrons. The van der Waals surface area contributed by atoms with Crippen LogP contribution >= 0.6 is 0 Å². The van der Waals surface area contributed by atoms with Gasteiger partial charge in [-0.05, 0) is 43.2 Å². The average molecular weight is 393 g/mol. The van der Waals surface area contributed by atoms with Crippen LogP contribution in [0.15, 0.2) is 70.9 Å². The number of hydrogen-bond acceptors (Lipinski definition) is 4. The van der Waals surface area contributed by atoms with Crippen molar-refractivity contribution in [1.82, 2.24) is 10.9 Å². The number of carbonyl (C=O) groups is 2. The molecule has 0 spiro atoms. The van der Waals surface area contributed by atoms with Gasteiger partial charge in [0.1, 0.15) is 0 Å². The standard InChI is InChI=1S/C23H28N4O2/c28-22(26-24-18-8-14-20-10-3-1-4-11-20)16-7-17-23(29)27-25-19-9-15-21-12-5-2-6-13-21/h1-6,10-13,18-19H,7-9,14-17H2,(H,26,28)(H,27,29). The van der Waals surface area contributed by atoms with E-state index in [1.807, 2.05) is 36.4 Å². The third-order valence-corrected chi connectivity index (χ3v) is 4.18. The number of nitrogens with one attached hydrogen (secondary N) is 2. The number of hydrogen-bond donors (Lipinski definition) is 2. The highest BCUT2D eigenvalue weighted by molar-refractivity contribution is 5.79. The van der Waals surface area contributed by atoms with E-state index < -0.39 is 0 Å². The molecule has 0 fully saturated rings. The fraction of sp³-hybridized carbons (Fsp3) is 0.304. The van der Waals surface area contributed by atoms with Crippen LogP contribution in [0.5, 0.6) is 0 Å². The lowest BCUT2D eigenvalue weighted by atomic mass is 10.1. The van der Waals surface area contributed by atoms with Gasteiger partial charge in [-0.15, -0.1) is 0 Å². The molecule has 2 rings (SSSR count). The fourth-order valence-electron chi connectivity index (χ4n) is 2.64. The van der Waals surface area contributed by atoms with Gasteiger partial charge in [0.25, 0.3) is 0 Å². The fourth-order valence-corrected chi connectivity index (χ4v) is 2.64. The second-order valence-corrected chi connectivity index (χ2v) is 6.60. The Kier molecular flexibility index (Phi) is 10.5. The number of aryl methyl sites for hydroxylation is 2. The Bertz CT molecular complexity index is 722. The van der Waals surface area contributed by atoms with Crippen molar-refractivity contribution in [2.75, 3.05) is 0 Å². The van der Waals surface area contributed by atoms with Crippen LogP contribution < -0.4 is 10.9 Å². The van der Waals surface area contributed by atoms with Crippen molar-refractivity contribution in [3.63, 3.8) is 0 Å². The summed E-state index contributed by atoms with van der Waals surface area (Å²) in [7, 11) is 0. The summed E-state index contributed by atoms with van der Waals surface area (Å²) in [6.45, 7) is 0. The van der Waals surface area contributed by atoms with Crippen molar-refractivity contribution in [2.45, 2.75) is 44.9 Å². The SMILES string of the molecule is O=C(CCCC(=O)NN=CCCc1ccccc1)NN=CCCc1ccccc1. The third-order valence-electron chi connectivity index (χ3n) is 4.18. The van der Waals surface area contributed by atoms with Gasteiger partial charge in [0.2, 0.25) is 11.8 Å². The van der Waals surface area contributed by atoms with Crippen LogP contribution in [0, 0.1) is 0 Å². The highest BCUT2D eigenvalue weighted by Gasteiger charge is 2.03. The molecular weight excluding hydrogens is 364 g/mol. The Hall–Kier alpha value is -3.28. The molecule has 0 saturated heterocycles. The molecule has 29 heavy (non-hydrogen) atoms. The van der Waals surface area contributed by atoms with Gasteiger partial charge in [-0.25, -0.2) is 10.9 Å². The molecule has 2 N–H and O–H groups in total. The molecule has 0 heterocycles. The average Bonchev–Trinajstić information content (AvgIpc) is 2.75. The maximum Gasteiger partial charge on any atom is 0.240 e. The van der Waals surface area contributed by atoms with Gasteiger partial charge in [0.15, 0.2) is 0 Å². The van der Waals surface area contributed by atoms with Crippen LogP contribution in [-0.4, -0.2) is 24.2 Å². The molecular formula is C23H28N4O2. The zero-order chi connectivity index (χ0) is 20.6. The predicted octanol–water partition coefficient (Wildman–Crippen LogP) is 3.63. The van der Waals surface area contributed by atoms with E-state index in [4.69, 9.17) is 0 Å². The summed E-state index contributed by atoms with van der Waals surface area (Å²) >= 11 is 0.